The number of hydrogen-bond acceptors (Lipinski definition) is 3. The van der Waals surface area contributed by atoms with E-state index in [1.165, 1.54) is 0 Å². The van der Waals surface area contributed by atoms with Gasteiger partial charge in [0.1, 0.15) is 0 Å². The molecular weight excluding hydrogens is 214 g/mol. The molecule has 0 aliphatic carbocycles. The molecule has 1 fully saturated rings. The smallest absolute Gasteiger partial charge is 0.228 e. The van der Waals surface area contributed by atoms with E-state index >= 15 is 0 Å². The van der Waals surface area contributed by atoms with Crippen LogP contribution in [0.2, 0.25) is 0 Å². The number of nitrogens with one attached hydrogen (secondary N) is 1. The number of nitrogens with zero attached hydrogens (tertiary/aromatic N) is 2. The summed E-state index contributed by atoms with van der Waals surface area (Å²) in [6, 6.07) is 6.02. The summed E-state index contributed by atoms with van der Waals surface area (Å²) in [6.07, 6.45) is 1.77. The van der Waals surface area contributed by atoms with Gasteiger partial charge >= 0.3 is 0 Å². The summed E-state index contributed by atoms with van der Waals surface area (Å²) in [4.78, 5) is 18.4. The van der Waals surface area contributed by atoms with Crippen LogP contribution in [0.25, 0.3) is 0 Å². The van der Waals surface area contributed by atoms with Crippen LogP contribution in [0, 0.1) is 5.92 Å². The zero-order valence-corrected chi connectivity index (χ0v) is 10.4. The molecule has 92 valence electrons. The summed E-state index contributed by atoms with van der Waals surface area (Å²) in [5, 5.41) is 3.14. The van der Waals surface area contributed by atoms with E-state index in [4.69, 9.17) is 0 Å². The van der Waals surface area contributed by atoms with Crippen LogP contribution in [0.15, 0.2) is 24.4 Å². The molecular formula is C13H19N3O. The molecule has 0 saturated carbocycles. The van der Waals surface area contributed by atoms with Gasteiger partial charge in [-0.15, -0.1) is 0 Å². The first kappa shape index (κ1) is 12.0. The highest BCUT2D eigenvalue weighted by atomic mass is 16.2. The third-order valence-electron chi connectivity index (χ3n) is 3.10. The fourth-order valence-electron chi connectivity index (χ4n) is 1.88. The molecule has 1 amide bonds. The first-order chi connectivity index (χ1) is 8.18. The molecule has 2 heterocycles. The number of carbonyl (C=O) groups excluding carboxylic acids is 1. The first-order valence-corrected chi connectivity index (χ1v) is 6.09. The summed E-state index contributed by atoms with van der Waals surface area (Å²) < 4.78 is 0. The molecule has 1 aliphatic heterocycles. The van der Waals surface area contributed by atoms with Crippen molar-refractivity contribution in [3.8, 4) is 0 Å². The Labute approximate surface area is 102 Å². The SMILES string of the molecule is CC(C)N(Cc1ccccn1)C(=O)C1CNC1. The second-order valence-electron chi connectivity index (χ2n) is 4.74. The molecule has 0 radical (unpaired) electrons. The van der Waals surface area contributed by atoms with Crippen LogP contribution in [0.4, 0.5) is 0 Å². The summed E-state index contributed by atoms with van der Waals surface area (Å²) >= 11 is 0. The summed E-state index contributed by atoms with van der Waals surface area (Å²) in [5.41, 5.74) is 0.946. The largest absolute Gasteiger partial charge is 0.334 e. The van der Waals surface area contributed by atoms with Gasteiger partial charge in [-0.3, -0.25) is 9.78 Å². The van der Waals surface area contributed by atoms with Crippen molar-refractivity contribution in [2.75, 3.05) is 13.1 Å². The van der Waals surface area contributed by atoms with Crippen LogP contribution in [-0.2, 0) is 11.3 Å². The standard InChI is InChI=1S/C13H19N3O/c1-10(2)16(13(17)11-7-14-8-11)9-12-5-3-4-6-15-12/h3-6,10-11,14H,7-9H2,1-2H3. The van der Waals surface area contributed by atoms with Crippen molar-refractivity contribution in [3.05, 3.63) is 30.1 Å². The Hall–Kier alpha value is -1.42. The van der Waals surface area contributed by atoms with Gasteiger partial charge in [0.2, 0.25) is 5.91 Å². The maximum absolute atomic E-state index is 12.2. The summed E-state index contributed by atoms with van der Waals surface area (Å²) in [6.45, 7) is 6.32. The second kappa shape index (κ2) is 5.27. The third kappa shape index (κ3) is 2.82. The van der Waals surface area contributed by atoms with Crippen LogP contribution in [-0.4, -0.2) is 34.9 Å². The molecule has 4 nitrogen and oxygen atoms in total. The molecule has 2 rings (SSSR count). The molecule has 0 atom stereocenters. The topological polar surface area (TPSA) is 45.2 Å². The Bertz CT molecular complexity index is 374. The molecule has 1 N–H and O–H groups in total. The lowest BCUT2D eigenvalue weighted by Crippen LogP contribution is -2.53. The van der Waals surface area contributed by atoms with E-state index in [1.54, 1.807) is 6.20 Å². The van der Waals surface area contributed by atoms with Gasteiger partial charge in [-0.2, -0.15) is 0 Å². The van der Waals surface area contributed by atoms with E-state index in [1.807, 2.05) is 36.9 Å². The highest BCUT2D eigenvalue weighted by Gasteiger charge is 2.30. The maximum Gasteiger partial charge on any atom is 0.228 e. The molecule has 1 aromatic rings. The number of amides is 1. The third-order valence-corrected chi connectivity index (χ3v) is 3.10. The number of carbonyl (C=O) groups is 1. The van der Waals surface area contributed by atoms with Crippen molar-refractivity contribution < 1.29 is 4.79 Å². The van der Waals surface area contributed by atoms with E-state index in [-0.39, 0.29) is 17.9 Å². The van der Waals surface area contributed by atoms with Gasteiger partial charge in [0.15, 0.2) is 0 Å². The molecule has 1 saturated heterocycles. The maximum atomic E-state index is 12.2. The summed E-state index contributed by atoms with van der Waals surface area (Å²) in [7, 11) is 0. The lowest BCUT2D eigenvalue weighted by molar-refractivity contribution is -0.139. The van der Waals surface area contributed by atoms with Gasteiger partial charge in [-0.25, -0.2) is 0 Å². The van der Waals surface area contributed by atoms with Gasteiger partial charge in [0.05, 0.1) is 18.2 Å². The summed E-state index contributed by atoms with van der Waals surface area (Å²) in [5.74, 6) is 0.394. The van der Waals surface area contributed by atoms with E-state index in [0.717, 1.165) is 18.8 Å². The fourth-order valence-corrected chi connectivity index (χ4v) is 1.88. The molecule has 1 aliphatic rings. The van der Waals surface area contributed by atoms with Gasteiger partial charge in [0.25, 0.3) is 0 Å². The monoisotopic (exact) mass is 233 g/mol. The molecule has 17 heavy (non-hydrogen) atoms. The average Bonchev–Trinajstić information content (AvgIpc) is 2.24. The zero-order chi connectivity index (χ0) is 12.3. The number of pyridine rings is 1. The van der Waals surface area contributed by atoms with Crippen molar-refractivity contribution in [2.45, 2.75) is 26.4 Å². The van der Waals surface area contributed by atoms with Crippen LogP contribution in [0.3, 0.4) is 0 Å². The first-order valence-electron chi connectivity index (χ1n) is 6.09. The van der Waals surface area contributed by atoms with E-state index in [2.05, 4.69) is 10.3 Å². The highest BCUT2D eigenvalue weighted by Crippen LogP contribution is 2.14. The Morgan fingerprint density at radius 2 is 2.29 bits per heavy atom. The quantitative estimate of drug-likeness (QED) is 0.845. The fraction of sp³-hybridized carbons (Fsp3) is 0.538. The van der Waals surface area contributed by atoms with Crippen LogP contribution in [0.5, 0.6) is 0 Å². The average molecular weight is 233 g/mol. The van der Waals surface area contributed by atoms with Gasteiger partial charge in [-0.1, -0.05) is 6.07 Å². The molecule has 4 heteroatoms. The van der Waals surface area contributed by atoms with Gasteiger partial charge in [0, 0.05) is 25.3 Å². The molecule has 0 unspecified atom stereocenters. The lowest BCUT2D eigenvalue weighted by Gasteiger charge is -2.34. The number of aromatic nitrogens is 1. The predicted molar refractivity (Wildman–Crippen MR) is 66.3 cm³/mol. The minimum absolute atomic E-state index is 0.154. The van der Waals surface area contributed by atoms with Crippen LogP contribution < -0.4 is 5.32 Å². The Balaban J connectivity index is 2.04. The highest BCUT2D eigenvalue weighted by molar-refractivity contribution is 5.80. The minimum atomic E-state index is 0.154. The van der Waals surface area contributed by atoms with Crippen molar-refractivity contribution in [3.63, 3.8) is 0 Å². The molecule has 0 bridgehead atoms. The van der Waals surface area contributed by atoms with Crippen molar-refractivity contribution in [2.24, 2.45) is 5.92 Å². The minimum Gasteiger partial charge on any atom is -0.334 e. The van der Waals surface area contributed by atoms with E-state index in [0.29, 0.717) is 6.54 Å². The zero-order valence-electron chi connectivity index (χ0n) is 10.4. The van der Waals surface area contributed by atoms with Crippen molar-refractivity contribution in [1.82, 2.24) is 15.2 Å². The Morgan fingerprint density at radius 1 is 1.53 bits per heavy atom. The Kier molecular flexibility index (Phi) is 3.74. The Morgan fingerprint density at radius 3 is 2.76 bits per heavy atom. The van der Waals surface area contributed by atoms with Gasteiger partial charge in [-0.05, 0) is 26.0 Å². The molecule has 0 spiro atoms. The number of hydrogen-bond donors (Lipinski definition) is 1. The molecule has 0 aromatic carbocycles. The number of rotatable bonds is 4. The van der Waals surface area contributed by atoms with Crippen LogP contribution >= 0.6 is 0 Å². The second-order valence-corrected chi connectivity index (χ2v) is 4.74. The van der Waals surface area contributed by atoms with E-state index < -0.39 is 0 Å². The van der Waals surface area contributed by atoms with E-state index in [9.17, 15) is 4.79 Å². The van der Waals surface area contributed by atoms with Gasteiger partial charge < -0.3 is 10.2 Å². The van der Waals surface area contributed by atoms with Crippen molar-refractivity contribution in [1.29, 1.82) is 0 Å². The van der Waals surface area contributed by atoms with Crippen molar-refractivity contribution >= 4 is 5.91 Å². The lowest BCUT2D eigenvalue weighted by atomic mass is 10.0. The predicted octanol–water partition coefficient (Wildman–Crippen LogP) is 1.04. The molecule has 1 aromatic heterocycles. The van der Waals surface area contributed by atoms with Crippen LogP contribution in [0.1, 0.15) is 19.5 Å². The normalized spacial score (nSPS) is 15.7.